The molecule has 1 aliphatic heterocycles. The maximum atomic E-state index is 12.7. The van der Waals surface area contributed by atoms with Gasteiger partial charge in [-0.1, -0.05) is 6.42 Å². The molecule has 2 fully saturated rings. The highest BCUT2D eigenvalue weighted by Gasteiger charge is 2.44. The molecule has 1 saturated carbocycles. The lowest BCUT2D eigenvalue weighted by Gasteiger charge is -2.32. The fourth-order valence-electron chi connectivity index (χ4n) is 2.91. The number of aliphatic hydroxyl groups excluding tert-OH is 1. The number of carbonyl (C=O) groups excluding carboxylic acids is 1. The van der Waals surface area contributed by atoms with Crippen LogP contribution in [0.4, 0.5) is 13.2 Å². The second-order valence-corrected chi connectivity index (χ2v) is 5.33. The Hall–Kier alpha value is -0.780. The van der Waals surface area contributed by atoms with Crippen molar-refractivity contribution in [3.63, 3.8) is 0 Å². The molecule has 2 aliphatic rings. The van der Waals surface area contributed by atoms with Crippen LogP contribution in [0.15, 0.2) is 0 Å². The van der Waals surface area contributed by atoms with Crippen molar-refractivity contribution >= 4 is 5.91 Å². The number of hydrogen-bond acceptors (Lipinski definition) is 2. The summed E-state index contributed by atoms with van der Waals surface area (Å²) in [6, 6.07) is 0. The summed E-state index contributed by atoms with van der Waals surface area (Å²) in [6.45, 7) is 0.735. The van der Waals surface area contributed by atoms with Crippen LogP contribution < -0.4 is 0 Å². The zero-order valence-corrected chi connectivity index (χ0v) is 10.1. The van der Waals surface area contributed by atoms with Crippen LogP contribution in [0.1, 0.15) is 32.1 Å². The molecule has 1 heterocycles. The van der Waals surface area contributed by atoms with Crippen LogP contribution >= 0.6 is 0 Å². The minimum Gasteiger partial charge on any atom is -0.391 e. The molecule has 0 bridgehead atoms. The Bertz CT molecular complexity index is 319. The van der Waals surface area contributed by atoms with E-state index in [1.807, 2.05) is 0 Å². The third kappa shape index (κ3) is 2.96. The molecule has 1 saturated heterocycles. The van der Waals surface area contributed by atoms with Gasteiger partial charge in [-0.2, -0.15) is 13.2 Å². The van der Waals surface area contributed by atoms with Gasteiger partial charge in [0.25, 0.3) is 0 Å². The first kappa shape index (κ1) is 13.6. The first-order chi connectivity index (χ1) is 8.38. The van der Waals surface area contributed by atoms with Crippen molar-refractivity contribution in [2.75, 3.05) is 13.1 Å². The summed E-state index contributed by atoms with van der Waals surface area (Å²) in [4.78, 5) is 13.6. The van der Waals surface area contributed by atoms with E-state index < -0.39 is 24.1 Å². The number of nitrogens with zero attached hydrogens (tertiary/aromatic N) is 1. The highest BCUT2D eigenvalue weighted by molar-refractivity contribution is 5.79. The summed E-state index contributed by atoms with van der Waals surface area (Å²) >= 11 is 0. The van der Waals surface area contributed by atoms with E-state index in [4.69, 9.17) is 0 Å². The number of likely N-dealkylation sites (tertiary alicyclic amines) is 1. The Labute approximate surface area is 104 Å². The Morgan fingerprint density at radius 3 is 2.50 bits per heavy atom. The highest BCUT2D eigenvalue weighted by Crippen LogP contribution is 2.40. The Morgan fingerprint density at radius 1 is 1.22 bits per heavy atom. The third-order valence-corrected chi connectivity index (χ3v) is 3.96. The van der Waals surface area contributed by atoms with Crippen molar-refractivity contribution in [1.29, 1.82) is 0 Å². The van der Waals surface area contributed by atoms with Crippen molar-refractivity contribution in [3.05, 3.63) is 0 Å². The topological polar surface area (TPSA) is 40.5 Å². The molecule has 3 nitrogen and oxygen atoms in total. The van der Waals surface area contributed by atoms with Crippen molar-refractivity contribution in [1.82, 2.24) is 4.90 Å². The second-order valence-electron chi connectivity index (χ2n) is 5.33. The number of rotatable bonds is 1. The molecule has 0 radical (unpaired) electrons. The van der Waals surface area contributed by atoms with Crippen molar-refractivity contribution < 1.29 is 23.1 Å². The quantitative estimate of drug-likeness (QED) is 0.787. The number of alkyl halides is 3. The van der Waals surface area contributed by atoms with Crippen LogP contribution in [0.5, 0.6) is 0 Å². The number of carbonyl (C=O) groups is 1. The van der Waals surface area contributed by atoms with Crippen molar-refractivity contribution in [3.8, 4) is 0 Å². The molecule has 2 unspecified atom stereocenters. The van der Waals surface area contributed by atoms with Gasteiger partial charge in [0.1, 0.15) is 0 Å². The van der Waals surface area contributed by atoms with E-state index in [-0.39, 0.29) is 25.3 Å². The number of aliphatic hydroxyl groups is 1. The fourth-order valence-corrected chi connectivity index (χ4v) is 2.91. The van der Waals surface area contributed by atoms with Crippen LogP contribution in [0.2, 0.25) is 0 Å². The number of halogens is 3. The van der Waals surface area contributed by atoms with Gasteiger partial charge in [-0.05, 0) is 25.7 Å². The Morgan fingerprint density at radius 2 is 1.94 bits per heavy atom. The number of β-amino-alcohol motifs (C(OH)–C–C–N with tert-alkyl or cyclic N) is 1. The number of amides is 1. The molecule has 1 N–H and O–H groups in total. The summed E-state index contributed by atoms with van der Waals surface area (Å²) in [5, 5.41) is 9.35. The minimum atomic E-state index is -4.19. The molecule has 18 heavy (non-hydrogen) atoms. The van der Waals surface area contributed by atoms with Crippen molar-refractivity contribution in [2.24, 2.45) is 11.8 Å². The lowest BCUT2D eigenvalue weighted by atomic mass is 9.80. The Balaban J connectivity index is 1.94. The molecule has 104 valence electrons. The van der Waals surface area contributed by atoms with Gasteiger partial charge in [0.05, 0.1) is 12.0 Å². The van der Waals surface area contributed by atoms with Gasteiger partial charge < -0.3 is 10.0 Å². The molecule has 0 aromatic carbocycles. The van der Waals surface area contributed by atoms with Gasteiger partial charge in [0, 0.05) is 19.0 Å². The van der Waals surface area contributed by atoms with Gasteiger partial charge >= 0.3 is 6.18 Å². The maximum absolute atomic E-state index is 12.7. The first-order valence-corrected chi connectivity index (χ1v) is 6.41. The fraction of sp³-hybridized carbons (Fsp3) is 0.917. The van der Waals surface area contributed by atoms with Crippen LogP contribution in [0, 0.1) is 11.8 Å². The maximum Gasteiger partial charge on any atom is 0.391 e. The van der Waals surface area contributed by atoms with Gasteiger partial charge in [-0.3, -0.25) is 4.79 Å². The molecule has 1 amide bonds. The minimum absolute atomic E-state index is 0.0884. The summed E-state index contributed by atoms with van der Waals surface area (Å²) in [7, 11) is 0. The molecule has 0 aromatic rings. The molecule has 3 atom stereocenters. The summed E-state index contributed by atoms with van der Waals surface area (Å²) in [6.07, 6.45) is -3.14. The van der Waals surface area contributed by atoms with Crippen molar-refractivity contribution in [2.45, 2.75) is 44.4 Å². The molecule has 0 spiro atoms. The third-order valence-electron chi connectivity index (χ3n) is 3.96. The number of hydrogen-bond donors (Lipinski definition) is 1. The van der Waals surface area contributed by atoms with E-state index in [0.717, 1.165) is 0 Å². The van der Waals surface area contributed by atoms with E-state index in [1.54, 1.807) is 0 Å². The van der Waals surface area contributed by atoms with Crippen LogP contribution in [-0.2, 0) is 4.79 Å². The summed E-state index contributed by atoms with van der Waals surface area (Å²) < 4.78 is 38.0. The molecule has 1 aliphatic carbocycles. The lowest BCUT2D eigenvalue weighted by Crippen LogP contribution is -2.39. The molecular weight excluding hydrogens is 247 g/mol. The van der Waals surface area contributed by atoms with E-state index in [1.165, 1.54) is 4.90 Å². The average Bonchev–Trinajstić information content (AvgIpc) is 2.74. The second kappa shape index (κ2) is 5.07. The van der Waals surface area contributed by atoms with E-state index in [0.29, 0.717) is 25.8 Å². The lowest BCUT2D eigenvalue weighted by molar-refractivity contribution is -0.187. The summed E-state index contributed by atoms with van der Waals surface area (Å²) in [5.74, 6) is -2.07. The van der Waals surface area contributed by atoms with Gasteiger partial charge in [-0.25, -0.2) is 0 Å². The van der Waals surface area contributed by atoms with E-state index in [2.05, 4.69) is 0 Å². The first-order valence-electron chi connectivity index (χ1n) is 6.41. The normalized spacial score (nSPS) is 33.8. The van der Waals surface area contributed by atoms with Gasteiger partial charge in [0.15, 0.2) is 0 Å². The van der Waals surface area contributed by atoms with Crippen LogP contribution in [-0.4, -0.2) is 41.3 Å². The SMILES string of the molecule is O=C(C1CCCC(C(F)(F)F)C1)N1CC[C@@H](O)C1. The van der Waals surface area contributed by atoms with Gasteiger partial charge in [0.2, 0.25) is 5.91 Å². The standard InChI is InChI=1S/C12H18F3NO2/c13-12(14,15)9-3-1-2-8(6-9)11(18)16-5-4-10(17)7-16/h8-10,17H,1-7H2/t8?,9?,10-/m1/s1. The van der Waals surface area contributed by atoms with E-state index in [9.17, 15) is 23.1 Å². The average molecular weight is 265 g/mol. The van der Waals surface area contributed by atoms with Crippen LogP contribution in [0.3, 0.4) is 0 Å². The smallest absolute Gasteiger partial charge is 0.391 e. The van der Waals surface area contributed by atoms with E-state index >= 15 is 0 Å². The monoisotopic (exact) mass is 265 g/mol. The highest BCUT2D eigenvalue weighted by atomic mass is 19.4. The van der Waals surface area contributed by atoms with Crippen LogP contribution in [0.25, 0.3) is 0 Å². The largest absolute Gasteiger partial charge is 0.391 e. The molecule has 2 rings (SSSR count). The zero-order valence-electron chi connectivity index (χ0n) is 10.1. The molecule has 6 heteroatoms. The van der Waals surface area contributed by atoms with Gasteiger partial charge in [-0.15, -0.1) is 0 Å². The Kier molecular flexibility index (Phi) is 3.84. The predicted molar refractivity (Wildman–Crippen MR) is 58.7 cm³/mol. The predicted octanol–water partition coefficient (Wildman–Crippen LogP) is 1.95. The molecular formula is C12H18F3NO2. The summed E-state index contributed by atoms with van der Waals surface area (Å²) in [5.41, 5.74) is 0. The zero-order chi connectivity index (χ0) is 13.3. The molecule has 0 aromatic heterocycles.